The molecule has 7 nitrogen and oxygen atoms in total. The van der Waals surface area contributed by atoms with Crippen molar-refractivity contribution in [2.75, 3.05) is 37.5 Å². The molecular formula is C20H24FN3O4. The highest BCUT2D eigenvalue weighted by Crippen LogP contribution is 2.46. The second-order valence-electron chi connectivity index (χ2n) is 7.39. The number of fused-ring (bicyclic) bond motifs is 1. The first-order chi connectivity index (χ1) is 13.5. The van der Waals surface area contributed by atoms with E-state index < -0.39 is 17.2 Å². The van der Waals surface area contributed by atoms with Crippen LogP contribution in [0.5, 0.6) is 5.75 Å². The van der Waals surface area contributed by atoms with Gasteiger partial charge in [0.25, 0.3) is 0 Å². The molecule has 2 heterocycles. The van der Waals surface area contributed by atoms with Gasteiger partial charge < -0.3 is 24.6 Å². The van der Waals surface area contributed by atoms with E-state index in [1.165, 1.54) is 7.11 Å². The van der Waals surface area contributed by atoms with Crippen LogP contribution in [-0.2, 0) is 0 Å². The SMILES string of the molecule is CNc1c(F)cc2c(=O)c(C(=O)O)c(N3CCCCC3)n(C3CC3)c2c1OC. The second-order valence-corrected chi connectivity index (χ2v) is 7.39. The number of carbonyl (C=O) groups is 1. The van der Waals surface area contributed by atoms with Gasteiger partial charge in [0.2, 0.25) is 5.43 Å². The minimum absolute atomic E-state index is 0.0402. The van der Waals surface area contributed by atoms with Gasteiger partial charge in [-0.2, -0.15) is 0 Å². The normalized spacial score (nSPS) is 17.0. The lowest BCUT2D eigenvalue weighted by molar-refractivity contribution is 0.0695. The third-order valence-electron chi connectivity index (χ3n) is 5.61. The number of aromatic carboxylic acids is 1. The molecule has 1 aromatic heterocycles. The standard InChI is InChI=1S/C20H24FN3O4/c1-22-15-13(21)10-12-16(18(15)28-2)24(11-6-7-11)19(14(17(12)25)20(26)27)23-8-4-3-5-9-23/h10-11,22H,3-9H2,1-2H3,(H,26,27). The Morgan fingerprint density at radius 1 is 1.29 bits per heavy atom. The number of aromatic nitrogens is 1. The van der Waals surface area contributed by atoms with E-state index in [4.69, 9.17) is 4.74 Å². The molecule has 0 bridgehead atoms. The number of methoxy groups -OCH3 is 1. The predicted molar refractivity (Wildman–Crippen MR) is 106 cm³/mol. The maximum Gasteiger partial charge on any atom is 0.343 e. The van der Waals surface area contributed by atoms with Crippen LogP contribution in [0.1, 0.15) is 48.5 Å². The summed E-state index contributed by atoms with van der Waals surface area (Å²) in [5, 5.41) is 12.7. The molecule has 8 heteroatoms. The maximum absolute atomic E-state index is 14.6. The molecule has 150 valence electrons. The Morgan fingerprint density at radius 3 is 2.50 bits per heavy atom. The fraction of sp³-hybridized carbons (Fsp3) is 0.500. The number of carboxylic acid groups (broad SMARTS) is 1. The molecule has 0 unspecified atom stereocenters. The summed E-state index contributed by atoms with van der Waals surface area (Å²) >= 11 is 0. The molecule has 1 saturated heterocycles. The van der Waals surface area contributed by atoms with E-state index in [1.807, 2.05) is 9.47 Å². The summed E-state index contributed by atoms with van der Waals surface area (Å²) in [6.07, 6.45) is 4.73. The van der Waals surface area contributed by atoms with Crippen molar-refractivity contribution < 1.29 is 19.0 Å². The third-order valence-corrected chi connectivity index (χ3v) is 5.61. The van der Waals surface area contributed by atoms with Crippen LogP contribution < -0.4 is 20.4 Å². The monoisotopic (exact) mass is 389 g/mol. The van der Waals surface area contributed by atoms with Gasteiger partial charge in [-0.15, -0.1) is 0 Å². The Balaban J connectivity index is 2.18. The topological polar surface area (TPSA) is 83.8 Å². The number of hydrogen-bond acceptors (Lipinski definition) is 5. The van der Waals surface area contributed by atoms with E-state index in [1.54, 1.807) is 7.05 Å². The molecule has 0 amide bonds. The molecule has 0 spiro atoms. The number of carboxylic acids is 1. The molecule has 2 fully saturated rings. The Labute approximate surface area is 161 Å². The molecule has 2 aromatic rings. The molecule has 0 atom stereocenters. The Kier molecular flexibility index (Phi) is 4.64. The largest absolute Gasteiger partial charge is 0.492 e. The highest BCUT2D eigenvalue weighted by molar-refractivity contribution is 6.01. The summed E-state index contributed by atoms with van der Waals surface area (Å²) in [4.78, 5) is 27.3. The van der Waals surface area contributed by atoms with Crippen molar-refractivity contribution in [3.63, 3.8) is 0 Å². The molecule has 1 aliphatic heterocycles. The lowest BCUT2D eigenvalue weighted by Gasteiger charge is -2.33. The van der Waals surface area contributed by atoms with Crippen LogP contribution in [0, 0.1) is 5.82 Å². The number of anilines is 2. The minimum atomic E-state index is -1.28. The van der Waals surface area contributed by atoms with Crippen molar-refractivity contribution in [3.8, 4) is 5.75 Å². The van der Waals surface area contributed by atoms with Crippen LogP contribution in [0.4, 0.5) is 15.9 Å². The second kappa shape index (κ2) is 7.00. The van der Waals surface area contributed by atoms with Crippen LogP contribution in [0.2, 0.25) is 0 Å². The summed E-state index contributed by atoms with van der Waals surface area (Å²) in [7, 11) is 3.02. The summed E-state index contributed by atoms with van der Waals surface area (Å²) in [5.41, 5.74) is -0.317. The van der Waals surface area contributed by atoms with Gasteiger partial charge in [0.05, 0.1) is 18.0 Å². The fourth-order valence-electron chi connectivity index (χ4n) is 4.22. The minimum Gasteiger partial charge on any atom is -0.492 e. The number of nitrogens with zero attached hydrogens (tertiary/aromatic N) is 2. The highest BCUT2D eigenvalue weighted by atomic mass is 19.1. The zero-order valence-electron chi connectivity index (χ0n) is 16.0. The first-order valence-electron chi connectivity index (χ1n) is 9.64. The van der Waals surface area contributed by atoms with Gasteiger partial charge in [0.1, 0.15) is 17.1 Å². The van der Waals surface area contributed by atoms with Gasteiger partial charge in [-0.25, -0.2) is 9.18 Å². The van der Waals surface area contributed by atoms with Gasteiger partial charge in [0, 0.05) is 26.2 Å². The van der Waals surface area contributed by atoms with Crippen molar-refractivity contribution in [1.29, 1.82) is 0 Å². The van der Waals surface area contributed by atoms with E-state index in [-0.39, 0.29) is 28.4 Å². The van der Waals surface area contributed by atoms with Gasteiger partial charge in [-0.1, -0.05) is 0 Å². The summed E-state index contributed by atoms with van der Waals surface area (Å²) < 4.78 is 22.1. The lowest BCUT2D eigenvalue weighted by atomic mass is 10.0. The van der Waals surface area contributed by atoms with E-state index in [9.17, 15) is 19.1 Å². The van der Waals surface area contributed by atoms with Gasteiger partial charge in [-0.05, 0) is 38.2 Å². The average molecular weight is 389 g/mol. The van der Waals surface area contributed by atoms with E-state index in [2.05, 4.69) is 5.32 Å². The number of pyridine rings is 1. The number of nitrogens with one attached hydrogen (secondary N) is 1. The van der Waals surface area contributed by atoms with Crippen molar-refractivity contribution in [2.24, 2.45) is 0 Å². The summed E-state index contributed by atoms with van der Waals surface area (Å²) in [5.74, 6) is -1.26. The fourth-order valence-corrected chi connectivity index (χ4v) is 4.22. The number of halogens is 1. The molecular weight excluding hydrogens is 365 g/mol. The van der Waals surface area contributed by atoms with Gasteiger partial charge in [-0.3, -0.25) is 4.79 Å². The zero-order valence-corrected chi connectivity index (χ0v) is 16.0. The molecule has 2 N–H and O–H groups in total. The quantitative estimate of drug-likeness (QED) is 0.817. The lowest BCUT2D eigenvalue weighted by Crippen LogP contribution is -2.36. The summed E-state index contributed by atoms with van der Waals surface area (Å²) in [6.45, 7) is 1.39. The number of hydrogen-bond donors (Lipinski definition) is 2. The third kappa shape index (κ3) is 2.78. The average Bonchev–Trinajstić information content (AvgIpc) is 3.52. The van der Waals surface area contributed by atoms with E-state index >= 15 is 0 Å². The number of benzene rings is 1. The van der Waals surface area contributed by atoms with Crippen LogP contribution in [0.15, 0.2) is 10.9 Å². The van der Waals surface area contributed by atoms with Crippen LogP contribution in [-0.4, -0.2) is 42.9 Å². The molecule has 1 saturated carbocycles. The van der Waals surface area contributed by atoms with Crippen LogP contribution >= 0.6 is 0 Å². The first-order valence-corrected chi connectivity index (χ1v) is 9.64. The Morgan fingerprint density at radius 2 is 1.96 bits per heavy atom. The number of rotatable bonds is 5. The van der Waals surface area contributed by atoms with E-state index in [0.717, 1.165) is 38.2 Å². The number of ether oxygens (including phenoxy) is 1. The summed E-state index contributed by atoms with van der Waals surface area (Å²) in [6, 6.07) is 1.19. The van der Waals surface area contributed by atoms with E-state index in [0.29, 0.717) is 24.4 Å². The molecule has 0 radical (unpaired) electrons. The zero-order chi connectivity index (χ0) is 20.0. The van der Waals surface area contributed by atoms with Crippen molar-refractivity contribution in [2.45, 2.75) is 38.1 Å². The van der Waals surface area contributed by atoms with Crippen molar-refractivity contribution >= 4 is 28.4 Å². The number of piperidine rings is 1. The van der Waals surface area contributed by atoms with Crippen molar-refractivity contribution in [3.05, 3.63) is 27.7 Å². The molecule has 4 rings (SSSR count). The van der Waals surface area contributed by atoms with Crippen molar-refractivity contribution in [1.82, 2.24) is 4.57 Å². The van der Waals surface area contributed by atoms with Crippen LogP contribution in [0.25, 0.3) is 10.9 Å². The molecule has 28 heavy (non-hydrogen) atoms. The first kappa shape index (κ1) is 18.6. The Hall–Kier alpha value is -2.77. The molecule has 2 aliphatic rings. The molecule has 1 aliphatic carbocycles. The predicted octanol–water partition coefficient (Wildman–Crippen LogP) is 3.21. The maximum atomic E-state index is 14.6. The smallest absolute Gasteiger partial charge is 0.343 e. The highest BCUT2D eigenvalue weighted by Gasteiger charge is 2.36. The molecule has 1 aromatic carbocycles. The Bertz CT molecular complexity index is 1010. The van der Waals surface area contributed by atoms with Crippen LogP contribution in [0.3, 0.4) is 0 Å². The van der Waals surface area contributed by atoms with Gasteiger partial charge in [0.15, 0.2) is 11.6 Å². The van der Waals surface area contributed by atoms with Gasteiger partial charge >= 0.3 is 5.97 Å².